The highest BCUT2D eigenvalue weighted by Gasteiger charge is 2.50. The predicted octanol–water partition coefficient (Wildman–Crippen LogP) is 4.52. The van der Waals surface area contributed by atoms with E-state index >= 15 is 0 Å². The Morgan fingerprint density at radius 2 is 1.83 bits per heavy atom. The molecule has 0 amide bonds. The molecule has 0 aromatic heterocycles. The van der Waals surface area contributed by atoms with Crippen molar-refractivity contribution in [1.82, 2.24) is 5.32 Å². The summed E-state index contributed by atoms with van der Waals surface area (Å²) >= 11 is 0. The molecule has 2 aliphatic carbocycles. The van der Waals surface area contributed by atoms with Crippen LogP contribution in [0.15, 0.2) is 0 Å². The maximum Gasteiger partial charge on any atom is 0.0237 e. The molecule has 1 aliphatic heterocycles. The number of hydrogen-bond donors (Lipinski definition) is 1. The quantitative estimate of drug-likeness (QED) is 0.775. The second kappa shape index (κ2) is 5.53. The van der Waals surface area contributed by atoms with Gasteiger partial charge in [0, 0.05) is 5.54 Å². The Morgan fingerprint density at radius 1 is 0.944 bits per heavy atom. The van der Waals surface area contributed by atoms with Gasteiger partial charge in [0.2, 0.25) is 0 Å². The average Bonchev–Trinajstić information content (AvgIpc) is 3.25. The van der Waals surface area contributed by atoms with Crippen molar-refractivity contribution in [3.8, 4) is 0 Å². The van der Waals surface area contributed by atoms with Crippen LogP contribution in [0.4, 0.5) is 0 Å². The largest absolute Gasteiger partial charge is 0.311 e. The van der Waals surface area contributed by atoms with Crippen LogP contribution >= 0.6 is 0 Å². The van der Waals surface area contributed by atoms with Gasteiger partial charge in [0.15, 0.2) is 0 Å². The van der Waals surface area contributed by atoms with Crippen LogP contribution in [0.5, 0.6) is 0 Å². The van der Waals surface area contributed by atoms with Gasteiger partial charge in [-0.25, -0.2) is 0 Å². The van der Waals surface area contributed by atoms with Gasteiger partial charge >= 0.3 is 0 Å². The van der Waals surface area contributed by atoms with E-state index < -0.39 is 0 Å². The molecule has 3 unspecified atom stereocenters. The summed E-state index contributed by atoms with van der Waals surface area (Å²) in [6.45, 7) is 3.70. The predicted molar refractivity (Wildman–Crippen MR) is 77.7 cm³/mol. The molecule has 18 heavy (non-hydrogen) atoms. The van der Waals surface area contributed by atoms with E-state index in [0.29, 0.717) is 5.54 Å². The van der Waals surface area contributed by atoms with Gasteiger partial charge in [-0.05, 0) is 62.8 Å². The maximum atomic E-state index is 4.07. The standard InChI is InChI=1S/C17H31N/c1-2-14-7-6-8-16(13-14)17(15-9-10-15)11-4-3-5-12-18-17/h14-16,18H,2-13H2,1H3. The van der Waals surface area contributed by atoms with Crippen molar-refractivity contribution in [3.05, 3.63) is 0 Å². The lowest BCUT2D eigenvalue weighted by atomic mass is 9.66. The van der Waals surface area contributed by atoms with E-state index in [1.807, 2.05) is 0 Å². The lowest BCUT2D eigenvalue weighted by molar-refractivity contribution is 0.103. The lowest BCUT2D eigenvalue weighted by Gasteiger charge is -2.45. The van der Waals surface area contributed by atoms with Crippen LogP contribution in [0.3, 0.4) is 0 Å². The molecule has 0 radical (unpaired) electrons. The molecule has 1 nitrogen and oxygen atoms in total. The summed E-state index contributed by atoms with van der Waals surface area (Å²) in [7, 11) is 0. The first-order valence-electron chi connectivity index (χ1n) is 8.60. The van der Waals surface area contributed by atoms with Gasteiger partial charge in [-0.15, -0.1) is 0 Å². The van der Waals surface area contributed by atoms with Gasteiger partial charge in [0.25, 0.3) is 0 Å². The molecular weight excluding hydrogens is 218 g/mol. The molecule has 1 saturated heterocycles. The normalized spacial score (nSPS) is 42.5. The second-order valence-electron chi connectivity index (χ2n) is 7.19. The molecule has 0 spiro atoms. The molecule has 0 aromatic rings. The third kappa shape index (κ3) is 2.48. The first-order chi connectivity index (χ1) is 8.85. The number of nitrogens with one attached hydrogen (secondary N) is 1. The van der Waals surface area contributed by atoms with Crippen LogP contribution in [0.1, 0.15) is 77.6 Å². The third-order valence-corrected chi connectivity index (χ3v) is 6.12. The Hall–Kier alpha value is -0.0400. The van der Waals surface area contributed by atoms with E-state index in [1.165, 1.54) is 77.2 Å². The fourth-order valence-electron chi connectivity index (χ4n) is 4.89. The Bertz CT molecular complexity index is 261. The van der Waals surface area contributed by atoms with Gasteiger partial charge in [-0.1, -0.05) is 39.0 Å². The Morgan fingerprint density at radius 3 is 2.61 bits per heavy atom. The summed E-state index contributed by atoms with van der Waals surface area (Å²) in [5.41, 5.74) is 0.574. The van der Waals surface area contributed by atoms with Crippen LogP contribution in [0.25, 0.3) is 0 Å². The molecule has 3 aliphatic rings. The van der Waals surface area contributed by atoms with Crippen LogP contribution in [-0.2, 0) is 0 Å². The summed E-state index contributed by atoms with van der Waals surface area (Å²) in [6.07, 6.45) is 16.3. The average molecular weight is 249 g/mol. The minimum Gasteiger partial charge on any atom is -0.311 e. The molecule has 1 heterocycles. The zero-order valence-electron chi connectivity index (χ0n) is 12.2. The van der Waals surface area contributed by atoms with E-state index in [4.69, 9.17) is 0 Å². The van der Waals surface area contributed by atoms with Gasteiger partial charge in [-0.3, -0.25) is 0 Å². The Kier molecular flexibility index (Phi) is 3.98. The first kappa shape index (κ1) is 13.0. The van der Waals surface area contributed by atoms with Crippen LogP contribution < -0.4 is 5.32 Å². The summed E-state index contributed by atoms with van der Waals surface area (Å²) in [5.74, 6) is 3.07. The SMILES string of the molecule is CCC1CCCC(C2(C3CC3)CCCCCN2)C1. The first-order valence-corrected chi connectivity index (χ1v) is 8.60. The zero-order chi connectivity index (χ0) is 12.4. The van der Waals surface area contributed by atoms with E-state index in [-0.39, 0.29) is 0 Å². The van der Waals surface area contributed by atoms with Crippen molar-refractivity contribution in [2.24, 2.45) is 17.8 Å². The van der Waals surface area contributed by atoms with Crippen molar-refractivity contribution in [3.63, 3.8) is 0 Å². The highest BCUT2D eigenvalue weighted by Crippen LogP contribution is 2.51. The van der Waals surface area contributed by atoms with Crippen LogP contribution in [-0.4, -0.2) is 12.1 Å². The van der Waals surface area contributed by atoms with Gasteiger partial charge in [-0.2, -0.15) is 0 Å². The summed E-state index contributed by atoms with van der Waals surface area (Å²) in [6, 6.07) is 0. The molecule has 104 valence electrons. The van der Waals surface area contributed by atoms with Crippen molar-refractivity contribution < 1.29 is 0 Å². The molecule has 3 fully saturated rings. The topological polar surface area (TPSA) is 12.0 Å². The molecule has 0 bridgehead atoms. The number of hydrogen-bond acceptors (Lipinski definition) is 1. The highest BCUT2D eigenvalue weighted by molar-refractivity contribution is 5.06. The number of rotatable bonds is 3. The van der Waals surface area contributed by atoms with Gasteiger partial charge in [0.1, 0.15) is 0 Å². The Balaban J connectivity index is 1.75. The third-order valence-electron chi connectivity index (χ3n) is 6.12. The molecule has 0 aromatic carbocycles. The van der Waals surface area contributed by atoms with Crippen molar-refractivity contribution >= 4 is 0 Å². The smallest absolute Gasteiger partial charge is 0.0237 e. The minimum atomic E-state index is 0.574. The van der Waals surface area contributed by atoms with E-state index in [1.54, 1.807) is 0 Å². The van der Waals surface area contributed by atoms with E-state index in [2.05, 4.69) is 12.2 Å². The molecule has 2 saturated carbocycles. The summed E-state index contributed by atoms with van der Waals surface area (Å²) < 4.78 is 0. The zero-order valence-corrected chi connectivity index (χ0v) is 12.2. The molecular formula is C17H31N. The van der Waals surface area contributed by atoms with Crippen LogP contribution in [0.2, 0.25) is 0 Å². The summed E-state index contributed by atoms with van der Waals surface area (Å²) in [4.78, 5) is 0. The van der Waals surface area contributed by atoms with Crippen LogP contribution in [0, 0.1) is 17.8 Å². The maximum absolute atomic E-state index is 4.07. The molecule has 1 N–H and O–H groups in total. The van der Waals surface area contributed by atoms with Crippen molar-refractivity contribution in [1.29, 1.82) is 0 Å². The van der Waals surface area contributed by atoms with Gasteiger partial charge in [0.05, 0.1) is 0 Å². The van der Waals surface area contributed by atoms with Crippen molar-refractivity contribution in [2.75, 3.05) is 6.54 Å². The molecule has 1 heteroatoms. The van der Waals surface area contributed by atoms with E-state index in [9.17, 15) is 0 Å². The van der Waals surface area contributed by atoms with E-state index in [0.717, 1.165) is 17.8 Å². The lowest BCUT2D eigenvalue weighted by Crippen LogP contribution is -2.54. The second-order valence-corrected chi connectivity index (χ2v) is 7.19. The highest BCUT2D eigenvalue weighted by atomic mass is 15.0. The Labute approximate surface area is 113 Å². The van der Waals surface area contributed by atoms with Crippen molar-refractivity contribution in [2.45, 2.75) is 83.1 Å². The monoisotopic (exact) mass is 249 g/mol. The fraction of sp³-hybridized carbons (Fsp3) is 1.00. The summed E-state index contributed by atoms with van der Waals surface area (Å²) in [5, 5.41) is 4.07. The fourth-order valence-corrected chi connectivity index (χ4v) is 4.89. The minimum absolute atomic E-state index is 0.574. The van der Waals surface area contributed by atoms with Gasteiger partial charge < -0.3 is 5.32 Å². The molecule has 3 atom stereocenters. The molecule has 3 rings (SSSR count).